The fourth-order valence-corrected chi connectivity index (χ4v) is 3.92. The zero-order valence-electron chi connectivity index (χ0n) is 15.5. The summed E-state index contributed by atoms with van der Waals surface area (Å²) in [4.78, 5) is 28.9. The van der Waals surface area contributed by atoms with Gasteiger partial charge in [-0.05, 0) is 37.8 Å². The number of hydrogen-bond acceptors (Lipinski definition) is 4. The second kappa shape index (κ2) is 9.14. The molecule has 2 aliphatic rings. The van der Waals surface area contributed by atoms with E-state index in [9.17, 15) is 9.59 Å². The predicted molar refractivity (Wildman–Crippen MR) is 100.0 cm³/mol. The largest absolute Gasteiger partial charge is 0.381 e. The molecule has 26 heavy (non-hydrogen) atoms. The molecule has 0 spiro atoms. The zero-order chi connectivity index (χ0) is 18.4. The van der Waals surface area contributed by atoms with E-state index in [0.29, 0.717) is 17.7 Å². The first kappa shape index (κ1) is 18.9. The number of likely N-dealkylation sites (tertiary alicyclic amines) is 2. The minimum Gasteiger partial charge on any atom is -0.381 e. The summed E-state index contributed by atoms with van der Waals surface area (Å²) < 4.78 is 5.44. The normalized spacial score (nSPS) is 20.1. The number of ether oxygens (including phenoxy) is 1. The van der Waals surface area contributed by atoms with Gasteiger partial charge in [0.1, 0.15) is 0 Å². The van der Waals surface area contributed by atoms with Gasteiger partial charge >= 0.3 is 0 Å². The van der Waals surface area contributed by atoms with Crippen LogP contribution in [0.4, 0.5) is 0 Å². The maximum absolute atomic E-state index is 12.4. The van der Waals surface area contributed by atoms with E-state index < -0.39 is 0 Å². The summed E-state index contributed by atoms with van der Waals surface area (Å²) in [7, 11) is 1.79. The number of rotatable bonds is 5. The van der Waals surface area contributed by atoms with Crippen LogP contribution in [0, 0.1) is 0 Å². The molecule has 3 rings (SSSR count). The highest BCUT2D eigenvalue weighted by Crippen LogP contribution is 2.22. The summed E-state index contributed by atoms with van der Waals surface area (Å²) in [6.07, 6.45) is 4.62. The molecular formula is C20H29N3O3. The molecule has 1 aromatic carbocycles. The Hall–Kier alpha value is -1.92. The van der Waals surface area contributed by atoms with Crippen molar-refractivity contribution < 1.29 is 14.3 Å². The van der Waals surface area contributed by atoms with Crippen molar-refractivity contribution in [3.05, 3.63) is 35.9 Å². The number of benzene rings is 1. The Kier molecular flexibility index (Phi) is 6.63. The van der Waals surface area contributed by atoms with Gasteiger partial charge < -0.3 is 19.9 Å². The number of hydrogen-bond donors (Lipinski definition) is 1. The lowest BCUT2D eigenvalue weighted by Gasteiger charge is -2.41. The summed E-state index contributed by atoms with van der Waals surface area (Å²) in [6, 6.07) is 9.56. The first-order valence-electron chi connectivity index (χ1n) is 9.55. The van der Waals surface area contributed by atoms with Crippen molar-refractivity contribution in [2.45, 2.75) is 37.8 Å². The molecule has 142 valence electrons. The van der Waals surface area contributed by atoms with Crippen LogP contribution < -0.4 is 5.32 Å². The van der Waals surface area contributed by atoms with Crippen molar-refractivity contribution in [3.63, 3.8) is 0 Å². The van der Waals surface area contributed by atoms with Crippen LogP contribution in [0.15, 0.2) is 30.3 Å². The van der Waals surface area contributed by atoms with Crippen LogP contribution in [0.25, 0.3) is 0 Å². The Labute approximate surface area is 155 Å². The molecule has 0 atom stereocenters. The first-order chi connectivity index (χ1) is 12.7. The molecule has 1 N–H and O–H groups in total. The molecule has 2 amide bonds. The number of carbonyl (C=O) groups excluding carboxylic acids is 2. The third-order valence-corrected chi connectivity index (χ3v) is 5.58. The van der Waals surface area contributed by atoms with E-state index in [2.05, 4.69) is 10.2 Å². The number of amides is 2. The Balaban J connectivity index is 1.39. The number of nitrogens with one attached hydrogen (secondary N) is 1. The lowest BCUT2D eigenvalue weighted by molar-refractivity contribution is -0.131. The van der Waals surface area contributed by atoms with Crippen LogP contribution in [0.5, 0.6) is 0 Å². The van der Waals surface area contributed by atoms with E-state index in [1.165, 1.54) is 0 Å². The molecule has 0 aliphatic carbocycles. The number of nitrogens with zero attached hydrogens (tertiary/aromatic N) is 2. The van der Waals surface area contributed by atoms with Crippen LogP contribution >= 0.6 is 0 Å². The van der Waals surface area contributed by atoms with Gasteiger partial charge in [-0.15, -0.1) is 0 Å². The van der Waals surface area contributed by atoms with E-state index in [-0.39, 0.29) is 18.4 Å². The van der Waals surface area contributed by atoms with Crippen molar-refractivity contribution in [1.82, 2.24) is 15.1 Å². The van der Waals surface area contributed by atoms with E-state index in [0.717, 1.165) is 51.9 Å². The van der Waals surface area contributed by atoms with Crippen LogP contribution in [0.2, 0.25) is 0 Å². The average molecular weight is 359 g/mol. The molecule has 6 nitrogen and oxygen atoms in total. The maximum atomic E-state index is 12.4. The molecule has 0 aromatic heterocycles. The van der Waals surface area contributed by atoms with Gasteiger partial charge in [-0.3, -0.25) is 9.59 Å². The molecule has 1 aromatic rings. The summed E-state index contributed by atoms with van der Waals surface area (Å²) in [5.74, 6) is -0.194. The van der Waals surface area contributed by atoms with Crippen molar-refractivity contribution >= 4 is 11.8 Å². The molecular weight excluding hydrogens is 330 g/mol. The number of methoxy groups -OCH3 is 1. The van der Waals surface area contributed by atoms with Gasteiger partial charge in [-0.1, -0.05) is 18.2 Å². The monoisotopic (exact) mass is 359 g/mol. The molecule has 0 saturated carbocycles. The highest BCUT2D eigenvalue weighted by Gasteiger charge is 2.29. The summed E-state index contributed by atoms with van der Waals surface area (Å²) in [5.41, 5.74) is 0.582. The Bertz CT molecular complexity index is 592. The molecule has 2 aliphatic heterocycles. The van der Waals surface area contributed by atoms with E-state index in [1.54, 1.807) is 19.2 Å². The summed E-state index contributed by atoms with van der Waals surface area (Å²) in [5, 5.41) is 2.73. The van der Waals surface area contributed by atoms with Gasteiger partial charge in [0.25, 0.3) is 5.91 Å². The van der Waals surface area contributed by atoms with Gasteiger partial charge in [0.2, 0.25) is 5.91 Å². The lowest BCUT2D eigenvalue weighted by Crippen LogP contribution is -2.51. The molecule has 2 fully saturated rings. The minimum atomic E-state index is -0.199. The second-order valence-electron chi connectivity index (χ2n) is 7.13. The van der Waals surface area contributed by atoms with Crippen LogP contribution in [-0.2, 0) is 9.53 Å². The summed E-state index contributed by atoms with van der Waals surface area (Å²) in [6.45, 7) is 3.79. The van der Waals surface area contributed by atoms with Crippen LogP contribution in [-0.4, -0.2) is 73.6 Å². The standard InChI is InChI=1S/C20H29N3O3/c1-26-18-9-13-22(14-10-18)17-7-11-23(12-8-17)19(24)15-21-20(25)16-5-3-2-4-6-16/h2-6,17-18H,7-15H2,1H3,(H,21,25). The van der Waals surface area contributed by atoms with E-state index in [4.69, 9.17) is 4.74 Å². The lowest BCUT2D eigenvalue weighted by atomic mass is 9.99. The van der Waals surface area contributed by atoms with Gasteiger partial charge in [0.05, 0.1) is 12.6 Å². The van der Waals surface area contributed by atoms with Crippen molar-refractivity contribution in [2.24, 2.45) is 0 Å². The Morgan fingerprint density at radius 1 is 1.04 bits per heavy atom. The Morgan fingerprint density at radius 3 is 2.31 bits per heavy atom. The molecule has 2 saturated heterocycles. The zero-order valence-corrected chi connectivity index (χ0v) is 15.5. The molecule has 6 heteroatoms. The fourth-order valence-electron chi connectivity index (χ4n) is 3.92. The van der Waals surface area contributed by atoms with Gasteiger partial charge in [0, 0.05) is 44.9 Å². The Morgan fingerprint density at radius 2 is 1.69 bits per heavy atom. The average Bonchev–Trinajstić information content (AvgIpc) is 2.72. The third kappa shape index (κ3) is 4.83. The van der Waals surface area contributed by atoms with Gasteiger partial charge in [0.15, 0.2) is 0 Å². The fraction of sp³-hybridized carbons (Fsp3) is 0.600. The van der Waals surface area contributed by atoms with E-state index >= 15 is 0 Å². The minimum absolute atomic E-state index is 0.00539. The smallest absolute Gasteiger partial charge is 0.251 e. The molecule has 0 bridgehead atoms. The maximum Gasteiger partial charge on any atom is 0.251 e. The van der Waals surface area contributed by atoms with Crippen molar-refractivity contribution in [2.75, 3.05) is 39.8 Å². The highest BCUT2D eigenvalue weighted by atomic mass is 16.5. The second-order valence-corrected chi connectivity index (χ2v) is 7.13. The topological polar surface area (TPSA) is 61.9 Å². The summed E-state index contributed by atoms with van der Waals surface area (Å²) >= 11 is 0. The van der Waals surface area contributed by atoms with Gasteiger partial charge in [-0.25, -0.2) is 0 Å². The van der Waals surface area contributed by atoms with Crippen LogP contribution in [0.1, 0.15) is 36.0 Å². The highest BCUT2D eigenvalue weighted by molar-refractivity contribution is 5.96. The molecule has 0 unspecified atom stereocenters. The number of piperidine rings is 2. The molecule has 2 heterocycles. The van der Waals surface area contributed by atoms with Crippen molar-refractivity contribution in [1.29, 1.82) is 0 Å². The third-order valence-electron chi connectivity index (χ3n) is 5.58. The van der Waals surface area contributed by atoms with Crippen molar-refractivity contribution in [3.8, 4) is 0 Å². The molecule has 0 radical (unpaired) electrons. The number of carbonyl (C=O) groups is 2. The SMILES string of the molecule is COC1CCN(C2CCN(C(=O)CNC(=O)c3ccccc3)CC2)CC1. The predicted octanol–water partition coefficient (Wildman–Crippen LogP) is 1.52. The first-order valence-corrected chi connectivity index (χ1v) is 9.55. The quantitative estimate of drug-likeness (QED) is 0.866. The van der Waals surface area contributed by atoms with E-state index in [1.807, 2.05) is 23.1 Å². The van der Waals surface area contributed by atoms with Gasteiger partial charge in [-0.2, -0.15) is 0 Å². The van der Waals surface area contributed by atoms with Crippen LogP contribution in [0.3, 0.4) is 0 Å².